The van der Waals surface area contributed by atoms with Gasteiger partial charge < -0.3 is 19.7 Å². The van der Waals surface area contributed by atoms with E-state index in [1.54, 1.807) is 9.58 Å². The molecule has 0 saturated carbocycles. The topological polar surface area (TPSA) is 98.6 Å². The molecule has 1 aliphatic heterocycles. The van der Waals surface area contributed by atoms with Crippen molar-refractivity contribution in [3.63, 3.8) is 0 Å². The Morgan fingerprint density at radius 2 is 1.76 bits per heavy atom. The summed E-state index contributed by atoms with van der Waals surface area (Å²) in [6.45, 7) is 6.22. The molecule has 38 heavy (non-hydrogen) atoms. The second-order valence-electron chi connectivity index (χ2n) is 9.98. The van der Waals surface area contributed by atoms with E-state index in [4.69, 9.17) is 9.47 Å². The van der Waals surface area contributed by atoms with Crippen LogP contribution in [0.15, 0.2) is 72.8 Å². The summed E-state index contributed by atoms with van der Waals surface area (Å²) >= 11 is 0. The minimum absolute atomic E-state index is 0.0706. The summed E-state index contributed by atoms with van der Waals surface area (Å²) in [7, 11) is 0. The van der Waals surface area contributed by atoms with Crippen molar-refractivity contribution in [3.05, 3.63) is 83.9 Å². The second-order valence-corrected chi connectivity index (χ2v) is 9.98. The third-order valence-corrected chi connectivity index (χ3v) is 6.84. The lowest BCUT2D eigenvalue weighted by Gasteiger charge is -2.34. The molecular weight excluding hydrogens is 482 g/mol. The number of benzene rings is 3. The Balaban J connectivity index is 1.54. The number of carbonyl (C=O) groups excluding carboxylic acids is 2. The van der Waals surface area contributed by atoms with Gasteiger partial charge in [0.05, 0.1) is 5.52 Å². The van der Waals surface area contributed by atoms with E-state index in [1.807, 2.05) is 93.6 Å². The molecular formula is C29H31N5O4. The van der Waals surface area contributed by atoms with E-state index in [2.05, 4.69) is 15.6 Å². The van der Waals surface area contributed by atoms with Gasteiger partial charge in [-0.25, -0.2) is 4.68 Å². The van der Waals surface area contributed by atoms with Gasteiger partial charge in [-0.2, -0.15) is 0 Å². The molecule has 0 bridgehead atoms. The van der Waals surface area contributed by atoms with Crippen LogP contribution >= 0.6 is 0 Å². The number of para-hydroxylation sites is 1. The van der Waals surface area contributed by atoms with Crippen molar-refractivity contribution < 1.29 is 19.1 Å². The molecule has 196 valence electrons. The largest absolute Gasteiger partial charge is 0.454 e. The fourth-order valence-electron chi connectivity index (χ4n) is 4.41. The number of nitrogens with one attached hydrogen (secondary N) is 1. The third kappa shape index (κ3) is 5.32. The molecule has 2 amide bonds. The first-order valence-electron chi connectivity index (χ1n) is 12.7. The summed E-state index contributed by atoms with van der Waals surface area (Å²) in [6.07, 6.45) is 0.737. The van der Waals surface area contributed by atoms with Crippen LogP contribution in [0.5, 0.6) is 11.5 Å². The molecule has 1 N–H and O–H groups in total. The van der Waals surface area contributed by atoms with Crippen molar-refractivity contribution in [1.82, 2.24) is 25.2 Å². The smallest absolute Gasteiger partial charge is 0.247 e. The van der Waals surface area contributed by atoms with Gasteiger partial charge >= 0.3 is 0 Å². The summed E-state index contributed by atoms with van der Waals surface area (Å²) in [5, 5.41) is 11.5. The van der Waals surface area contributed by atoms with Crippen LogP contribution in [0.2, 0.25) is 0 Å². The van der Waals surface area contributed by atoms with E-state index in [1.165, 1.54) is 0 Å². The molecule has 1 atom stereocenters. The molecule has 0 fully saturated rings. The summed E-state index contributed by atoms with van der Waals surface area (Å²) in [6, 6.07) is 21.5. The molecule has 0 saturated heterocycles. The monoisotopic (exact) mass is 513 g/mol. The average molecular weight is 514 g/mol. The van der Waals surface area contributed by atoms with Crippen LogP contribution in [0.25, 0.3) is 11.0 Å². The summed E-state index contributed by atoms with van der Waals surface area (Å²) in [5.74, 6) is 0.755. The van der Waals surface area contributed by atoms with Gasteiger partial charge in [0.15, 0.2) is 11.5 Å². The molecule has 1 aromatic heterocycles. The van der Waals surface area contributed by atoms with Gasteiger partial charge in [-0.3, -0.25) is 9.59 Å². The van der Waals surface area contributed by atoms with E-state index in [0.29, 0.717) is 17.0 Å². The predicted octanol–water partition coefficient (Wildman–Crippen LogP) is 4.23. The van der Waals surface area contributed by atoms with Crippen molar-refractivity contribution in [2.45, 2.75) is 51.9 Å². The Labute approximate surface area is 221 Å². The van der Waals surface area contributed by atoms with E-state index in [9.17, 15) is 9.59 Å². The number of rotatable bonds is 9. The first-order chi connectivity index (χ1) is 18.3. The van der Waals surface area contributed by atoms with Crippen LogP contribution < -0.4 is 14.8 Å². The Morgan fingerprint density at radius 1 is 1.03 bits per heavy atom. The maximum atomic E-state index is 14.0. The molecule has 0 radical (unpaired) electrons. The molecule has 0 unspecified atom stereocenters. The van der Waals surface area contributed by atoms with E-state index >= 15 is 0 Å². The van der Waals surface area contributed by atoms with Gasteiger partial charge in [0.25, 0.3) is 0 Å². The normalized spacial score (nSPS) is 13.3. The highest BCUT2D eigenvalue weighted by Crippen LogP contribution is 2.34. The highest BCUT2D eigenvalue weighted by Gasteiger charge is 2.34. The lowest BCUT2D eigenvalue weighted by molar-refractivity contribution is -0.143. The molecule has 5 rings (SSSR count). The van der Waals surface area contributed by atoms with Crippen molar-refractivity contribution in [2.75, 3.05) is 6.79 Å². The van der Waals surface area contributed by atoms with Crippen LogP contribution in [0.3, 0.4) is 0 Å². The number of amides is 2. The minimum Gasteiger partial charge on any atom is -0.454 e. The zero-order chi connectivity index (χ0) is 26.7. The number of aromatic nitrogens is 3. The molecule has 2 heterocycles. The SMILES string of the molecule is CCC(C)(C)NC(=O)[C@@H](c1ccccc1)N(Cc1ccc2c(c1)OCO2)C(=O)Cn1nnc2ccccc21. The fourth-order valence-corrected chi connectivity index (χ4v) is 4.41. The Morgan fingerprint density at radius 3 is 2.55 bits per heavy atom. The van der Waals surface area contributed by atoms with Gasteiger partial charge in [-0.15, -0.1) is 5.10 Å². The first-order valence-corrected chi connectivity index (χ1v) is 12.7. The molecule has 0 spiro atoms. The number of fused-ring (bicyclic) bond motifs is 2. The van der Waals surface area contributed by atoms with Gasteiger partial charge in [0.2, 0.25) is 18.6 Å². The fraction of sp³-hybridized carbons (Fsp3) is 0.310. The number of ether oxygens (including phenoxy) is 2. The zero-order valence-electron chi connectivity index (χ0n) is 21.8. The number of carbonyl (C=O) groups is 2. The quantitative estimate of drug-likeness (QED) is 0.360. The molecule has 4 aromatic rings. The van der Waals surface area contributed by atoms with Crippen LogP contribution in [0.1, 0.15) is 44.4 Å². The molecule has 9 nitrogen and oxygen atoms in total. The van der Waals surface area contributed by atoms with Crippen molar-refractivity contribution in [2.24, 2.45) is 0 Å². The maximum absolute atomic E-state index is 14.0. The van der Waals surface area contributed by atoms with Crippen LogP contribution in [0.4, 0.5) is 0 Å². The van der Waals surface area contributed by atoms with Crippen LogP contribution in [0, 0.1) is 0 Å². The predicted molar refractivity (Wildman–Crippen MR) is 142 cm³/mol. The lowest BCUT2D eigenvalue weighted by Crippen LogP contribution is -2.50. The van der Waals surface area contributed by atoms with E-state index in [-0.39, 0.29) is 31.7 Å². The molecule has 9 heteroatoms. The van der Waals surface area contributed by atoms with Crippen molar-refractivity contribution in [3.8, 4) is 11.5 Å². The highest BCUT2D eigenvalue weighted by molar-refractivity contribution is 5.89. The molecule has 3 aromatic carbocycles. The molecule has 1 aliphatic rings. The van der Waals surface area contributed by atoms with Crippen molar-refractivity contribution >= 4 is 22.8 Å². The number of hydrogen-bond donors (Lipinski definition) is 1. The molecule has 0 aliphatic carbocycles. The summed E-state index contributed by atoms with van der Waals surface area (Å²) in [5.41, 5.74) is 2.53. The average Bonchev–Trinajstić information content (AvgIpc) is 3.55. The van der Waals surface area contributed by atoms with Gasteiger partial charge in [0.1, 0.15) is 18.1 Å². The summed E-state index contributed by atoms with van der Waals surface area (Å²) in [4.78, 5) is 29.5. The standard InChI is InChI=1S/C29H31N5O4/c1-4-29(2,3)30-28(36)27(21-10-6-5-7-11-21)33(17-20-14-15-24-25(16-20)38-19-37-24)26(35)18-34-23-13-9-8-12-22(23)31-32-34/h5-16,27H,4,17-19H2,1-3H3,(H,30,36)/t27-/m1/s1. The Hall–Kier alpha value is -4.40. The summed E-state index contributed by atoms with van der Waals surface area (Å²) < 4.78 is 12.6. The number of nitrogens with zero attached hydrogens (tertiary/aromatic N) is 4. The van der Waals surface area contributed by atoms with Gasteiger partial charge in [0, 0.05) is 12.1 Å². The van der Waals surface area contributed by atoms with Crippen molar-refractivity contribution in [1.29, 1.82) is 0 Å². The lowest BCUT2D eigenvalue weighted by atomic mass is 9.98. The zero-order valence-corrected chi connectivity index (χ0v) is 21.8. The van der Waals surface area contributed by atoms with E-state index < -0.39 is 11.6 Å². The van der Waals surface area contributed by atoms with Gasteiger partial charge in [-0.1, -0.05) is 60.7 Å². The minimum atomic E-state index is -0.866. The Bertz CT molecular complexity index is 1450. The van der Waals surface area contributed by atoms with E-state index in [0.717, 1.165) is 23.1 Å². The second kappa shape index (κ2) is 10.5. The van der Waals surface area contributed by atoms with Crippen LogP contribution in [-0.4, -0.2) is 44.0 Å². The van der Waals surface area contributed by atoms with Gasteiger partial charge in [-0.05, 0) is 55.7 Å². The first kappa shape index (κ1) is 25.3. The third-order valence-electron chi connectivity index (χ3n) is 6.84. The number of hydrogen-bond acceptors (Lipinski definition) is 6. The maximum Gasteiger partial charge on any atom is 0.247 e. The Kier molecular flexibility index (Phi) is 7.00. The highest BCUT2D eigenvalue weighted by atomic mass is 16.7. The van der Waals surface area contributed by atoms with Crippen LogP contribution in [-0.2, 0) is 22.7 Å².